The Hall–Kier alpha value is -3.12. The number of anilines is 1. The van der Waals surface area contributed by atoms with Crippen molar-refractivity contribution in [2.75, 3.05) is 38.1 Å². The molecular formula is C23H26N4O2. The molecule has 29 heavy (non-hydrogen) atoms. The highest BCUT2D eigenvalue weighted by Crippen LogP contribution is 2.25. The van der Waals surface area contributed by atoms with Crippen LogP contribution in [0.1, 0.15) is 21.7 Å². The number of hydrogen-bond donors (Lipinski definition) is 1. The standard InChI is InChI=1S/C23H26N4O2/c1-17-21(22(25-29-17)19-6-4-3-5-7-19)23(28)24-16-18-8-10-20(11-9-18)27-14-12-26(2)13-15-27/h3-11H,12-16H2,1-2H3,(H,24,28). The Kier molecular flexibility index (Phi) is 5.62. The molecule has 1 aliphatic rings. The van der Waals surface area contributed by atoms with Gasteiger partial charge in [-0.3, -0.25) is 4.79 Å². The summed E-state index contributed by atoms with van der Waals surface area (Å²) < 4.78 is 5.29. The lowest BCUT2D eigenvalue weighted by Crippen LogP contribution is -2.44. The minimum Gasteiger partial charge on any atom is -0.369 e. The van der Waals surface area contributed by atoms with Gasteiger partial charge >= 0.3 is 0 Å². The Morgan fingerprint density at radius 2 is 1.72 bits per heavy atom. The van der Waals surface area contributed by atoms with Crippen LogP contribution in [0.3, 0.4) is 0 Å². The zero-order valence-electron chi connectivity index (χ0n) is 16.9. The summed E-state index contributed by atoms with van der Waals surface area (Å²) in [5.74, 6) is 0.345. The normalized spacial score (nSPS) is 14.8. The summed E-state index contributed by atoms with van der Waals surface area (Å²) in [6.07, 6.45) is 0. The number of aromatic nitrogens is 1. The first-order valence-corrected chi connectivity index (χ1v) is 9.94. The Morgan fingerprint density at radius 1 is 1.03 bits per heavy atom. The minimum atomic E-state index is -0.175. The summed E-state index contributed by atoms with van der Waals surface area (Å²) in [6, 6.07) is 18.0. The highest BCUT2D eigenvalue weighted by Gasteiger charge is 2.21. The molecule has 6 nitrogen and oxygen atoms in total. The molecule has 1 amide bonds. The molecule has 0 aliphatic carbocycles. The van der Waals surface area contributed by atoms with Gasteiger partial charge in [-0.25, -0.2) is 0 Å². The average Bonchev–Trinajstić information content (AvgIpc) is 3.15. The molecule has 1 aromatic heterocycles. The number of amides is 1. The molecule has 0 bridgehead atoms. The van der Waals surface area contributed by atoms with Crippen molar-refractivity contribution >= 4 is 11.6 Å². The van der Waals surface area contributed by atoms with E-state index in [1.807, 2.05) is 30.3 Å². The number of aryl methyl sites for hydroxylation is 1. The SMILES string of the molecule is Cc1onc(-c2ccccc2)c1C(=O)NCc1ccc(N2CCN(C)CC2)cc1. The molecule has 0 spiro atoms. The monoisotopic (exact) mass is 390 g/mol. The summed E-state index contributed by atoms with van der Waals surface area (Å²) >= 11 is 0. The van der Waals surface area contributed by atoms with Crippen LogP contribution in [0.4, 0.5) is 5.69 Å². The van der Waals surface area contributed by atoms with E-state index in [4.69, 9.17) is 4.52 Å². The van der Waals surface area contributed by atoms with Crippen molar-refractivity contribution in [1.82, 2.24) is 15.4 Å². The summed E-state index contributed by atoms with van der Waals surface area (Å²) in [6.45, 7) is 6.47. The molecule has 1 aliphatic heterocycles. The Labute approximate surface area is 171 Å². The first-order chi connectivity index (χ1) is 14.1. The molecule has 0 unspecified atom stereocenters. The van der Waals surface area contributed by atoms with Crippen LogP contribution in [-0.2, 0) is 6.54 Å². The zero-order valence-corrected chi connectivity index (χ0v) is 16.9. The Balaban J connectivity index is 1.41. The second kappa shape index (κ2) is 8.49. The van der Waals surface area contributed by atoms with Crippen LogP contribution in [0.25, 0.3) is 11.3 Å². The molecule has 3 aromatic rings. The summed E-state index contributed by atoms with van der Waals surface area (Å²) in [5, 5.41) is 7.08. The molecule has 1 fully saturated rings. The van der Waals surface area contributed by atoms with Gasteiger partial charge in [-0.1, -0.05) is 47.6 Å². The van der Waals surface area contributed by atoms with Gasteiger partial charge in [0.1, 0.15) is 17.0 Å². The van der Waals surface area contributed by atoms with Gasteiger partial charge in [-0.2, -0.15) is 0 Å². The molecule has 150 valence electrons. The molecule has 1 saturated heterocycles. The zero-order chi connectivity index (χ0) is 20.2. The Bertz CT molecular complexity index is 958. The van der Waals surface area contributed by atoms with Crippen LogP contribution in [0.5, 0.6) is 0 Å². The van der Waals surface area contributed by atoms with Crippen molar-refractivity contribution < 1.29 is 9.32 Å². The smallest absolute Gasteiger partial charge is 0.257 e. The van der Waals surface area contributed by atoms with Crippen LogP contribution in [-0.4, -0.2) is 49.2 Å². The van der Waals surface area contributed by atoms with E-state index in [0.29, 0.717) is 23.6 Å². The fourth-order valence-corrected chi connectivity index (χ4v) is 3.59. The van der Waals surface area contributed by atoms with Crippen molar-refractivity contribution in [1.29, 1.82) is 0 Å². The van der Waals surface area contributed by atoms with E-state index in [0.717, 1.165) is 37.3 Å². The number of piperazine rings is 1. The quantitative estimate of drug-likeness (QED) is 0.724. The highest BCUT2D eigenvalue weighted by atomic mass is 16.5. The van der Waals surface area contributed by atoms with Gasteiger partial charge in [0.2, 0.25) is 0 Å². The van der Waals surface area contributed by atoms with Gasteiger partial charge < -0.3 is 19.6 Å². The maximum atomic E-state index is 12.8. The van der Waals surface area contributed by atoms with Gasteiger partial charge in [0, 0.05) is 44.0 Å². The number of carbonyl (C=O) groups is 1. The van der Waals surface area contributed by atoms with Gasteiger partial charge in [-0.15, -0.1) is 0 Å². The second-order valence-corrected chi connectivity index (χ2v) is 7.47. The molecule has 1 N–H and O–H groups in total. The third-order valence-electron chi connectivity index (χ3n) is 5.39. The van der Waals surface area contributed by atoms with Crippen LogP contribution in [0, 0.1) is 6.92 Å². The summed E-state index contributed by atoms with van der Waals surface area (Å²) in [7, 11) is 2.16. The van der Waals surface area contributed by atoms with Gasteiger partial charge in [0.15, 0.2) is 0 Å². The van der Waals surface area contributed by atoms with E-state index in [9.17, 15) is 4.79 Å². The lowest BCUT2D eigenvalue weighted by Gasteiger charge is -2.34. The maximum absolute atomic E-state index is 12.8. The molecular weight excluding hydrogens is 364 g/mol. The first kappa shape index (κ1) is 19.2. The van der Waals surface area contributed by atoms with Crippen molar-refractivity contribution in [3.63, 3.8) is 0 Å². The third-order valence-corrected chi connectivity index (χ3v) is 5.39. The van der Waals surface area contributed by atoms with Crippen LogP contribution in [0.2, 0.25) is 0 Å². The van der Waals surface area contributed by atoms with Crippen LogP contribution < -0.4 is 10.2 Å². The molecule has 0 atom stereocenters. The topological polar surface area (TPSA) is 61.6 Å². The largest absolute Gasteiger partial charge is 0.369 e. The lowest BCUT2D eigenvalue weighted by molar-refractivity contribution is 0.0950. The molecule has 4 rings (SSSR count). The number of hydrogen-bond acceptors (Lipinski definition) is 5. The number of benzene rings is 2. The van der Waals surface area contributed by atoms with Crippen molar-refractivity contribution in [3.8, 4) is 11.3 Å². The van der Waals surface area contributed by atoms with Gasteiger partial charge in [0.25, 0.3) is 5.91 Å². The molecule has 6 heteroatoms. The highest BCUT2D eigenvalue weighted by molar-refractivity contribution is 6.00. The molecule has 0 saturated carbocycles. The van der Waals surface area contributed by atoms with Crippen molar-refractivity contribution in [3.05, 3.63) is 71.5 Å². The number of nitrogens with one attached hydrogen (secondary N) is 1. The van der Waals surface area contributed by atoms with Crippen LogP contribution in [0.15, 0.2) is 59.1 Å². The fourth-order valence-electron chi connectivity index (χ4n) is 3.59. The Morgan fingerprint density at radius 3 is 2.41 bits per heavy atom. The fraction of sp³-hybridized carbons (Fsp3) is 0.304. The van der Waals surface area contributed by atoms with E-state index in [1.54, 1.807) is 6.92 Å². The van der Waals surface area contributed by atoms with Crippen molar-refractivity contribution in [2.45, 2.75) is 13.5 Å². The maximum Gasteiger partial charge on any atom is 0.257 e. The van der Waals surface area contributed by atoms with E-state index in [1.165, 1.54) is 5.69 Å². The number of rotatable bonds is 5. The predicted molar refractivity (Wildman–Crippen MR) is 114 cm³/mol. The van der Waals surface area contributed by atoms with E-state index < -0.39 is 0 Å². The first-order valence-electron chi connectivity index (χ1n) is 9.94. The number of likely N-dealkylation sites (N-methyl/N-ethyl adjacent to an activating group) is 1. The average molecular weight is 390 g/mol. The van der Waals surface area contributed by atoms with Crippen LogP contribution >= 0.6 is 0 Å². The van der Waals surface area contributed by atoms with Crippen molar-refractivity contribution in [2.24, 2.45) is 0 Å². The summed E-state index contributed by atoms with van der Waals surface area (Å²) in [5.41, 5.74) is 4.23. The number of carbonyl (C=O) groups excluding carboxylic acids is 1. The van der Waals surface area contributed by atoms with E-state index in [2.05, 4.69) is 51.6 Å². The van der Waals surface area contributed by atoms with E-state index >= 15 is 0 Å². The molecule has 0 radical (unpaired) electrons. The van der Waals surface area contributed by atoms with Gasteiger partial charge in [0.05, 0.1) is 0 Å². The summed E-state index contributed by atoms with van der Waals surface area (Å²) in [4.78, 5) is 17.6. The third kappa shape index (κ3) is 4.32. The molecule has 2 aromatic carbocycles. The van der Waals surface area contributed by atoms with E-state index in [-0.39, 0.29) is 5.91 Å². The molecule has 2 heterocycles. The number of nitrogens with zero attached hydrogens (tertiary/aromatic N) is 3. The lowest BCUT2D eigenvalue weighted by atomic mass is 10.1. The van der Waals surface area contributed by atoms with Gasteiger partial charge in [-0.05, 0) is 31.7 Å². The minimum absolute atomic E-state index is 0.175. The predicted octanol–water partition coefficient (Wildman–Crippen LogP) is 3.33. The second-order valence-electron chi connectivity index (χ2n) is 7.47.